The molecule has 8 nitrogen and oxygen atoms in total. The molecule has 0 saturated carbocycles. The van der Waals surface area contributed by atoms with Crippen LogP contribution < -0.4 is 0 Å². The zero-order chi connectivity index (χ0) is 30.6. The molecule has 4 aromatic carbocycles. The Morgan fingerprint density at radius 2 is 1.16 bits per heavy atom. The van der Waals surface area contributed by atoms with E-state index < -0.39 is 53.1 Å². The molecular weight excluding hydrogens is 582 g/mol. The lowest BCUT2D eigenvalue weighted by Crippen LogP contribution is -2.45. The first-order valence-electron chi connectivity index (χ1n) is 13.1. The number of hydrogen-bond acceptors (Lipinski definition) is 8. The second kappa shape index (κ2) is 12.4. The number of carbonyl (C=O) groups excluding carboxylic acids is 2. The van der Waals surface area contributed by atoms with Gasteiger partial charge in [0.1, 0.15) is 12.7 Å². The van der Waals surface area contributed by atoms with Crippen LogP contribution in [0.2, 0.25) is 0 Å². The van der Waals surface area contributed by atoms with E-state index in [0.717, 1.165) is 22.3 Å². The maximum Gasteiger partial charge on any atom is 0.338 e. The summed E-state index contributed by atoms with van der Waals surface area (Å²) in [5, 5.41) is 0. The van der Waals surface area contributed by atoms with Gasteiger partial charge in [0.15, 0.2) is 0 Å². The van der Waals surface area contributed by atoms with E-state index in [9.17, 15) is 18.0 Å². The Labute approximate surface area is 246 Å². The zero-order valence-corrected chi connectivity index (χ0v) is 23.6. The van der Waals surface area contributed by atoms with Crippen molar-refractivity contribution in [3.05, 3.63) is 120 Å². The van der Waals surface area contributed by atoms with Gasteiger partial charge in [-0.2, -0.15) is 17.2 Å². The zero-order valence-electron chi connectivity index (χ0n) is 22.8. The quantitative estimate of drug-likeness (QED) is 0.175. The molecule has 0 spiro atoms. The van der Waals surface area contributed by atoms with E-state index in [1.54, 1.807) is 24.3 Å². The van der Waals surface area contributed by atoms with Crippen molar-refractivity contribution in [1.29, 1.82) is 0 Å². The van der Waals surface area contributed by atoms with Gasteiger partial charge in [0.05, 0.1) is 17.4 Å². The largest absolute Gasteiger partial charge is 0.459 e. The molecule has 1 aliphatic heterocycles. The molecule has 5 rings (SSSR count). The average Bonchev–Trinajstić information content (AvgIpc) is 3.23. The van der Waals surface area contributed by atoms with E-state index in [1.807, 2.05) is 60.7 Å². The van der Waals surface area contributed by atoms with Crippen molar-refractivity contribution in [2.24, 2.45) is 0 Å². The fourth-order valence-electron chi connectivity index (χ4n) is 4.51. The van der Waals surface area contributed by atoms with Crippen LogP contribution in [0.1, 0.15) is 20.7 Å². The van der Waals surface area contributed by atoms with Crippen molar-refractivity contribution < 1.29 is 45.2 Å². The predicted molar refractivity (Wildman–Crippen MR) is 153 cm³/mol. The second-order valence-electron chi connectivity index (χ2n) is 9.79. The fourth-order valence-corrected chi connectivity index (χ4v) is 5.00. The van der Waals surface area contributed by atoms with Gasteiger partial charge in [0.25, 0.3) is 10.1 Å². The SMILES string of the molecule is CS(=O)(=O)O[C@H]1O[C@H](COC(=O)c2ccc(-c3ccccc3)cc2)[C@@H](OC(=O)c2ccc(-c3ccccc3)cc2)C1(F)F. The first kappa shape index (κ1) is 30.0. The molecule has 0 radical (unpaired) electrons. The van der Waals surface area contributed by atoms with Crippen molar-refractivity contribution in [3.8, 4) is 22.3 Å². The molecule has 43 heavy (non-hydrogen) atoms. The van der Waals surface area contributed by atoms with Gasteiger partial charge in [-0.1, -0.05) is 84.9 Å². The van der Waals surface area contributed by atoms with Crippen LogP contribution >= 0.6 is 0 Å². The van der Waals surface area contributed by atoms with Gasteiger partial charge in [-0.05, 0) is 46.5 Å². The highest BCUT2D eigenvalue weighted by Crippen LogP contribution is 2.40. The molecule has 0 unspecified atom stereocenters. The van der Waals surface area contributed by atoms with E-state index in [2.05, 4.69) is 4.18 Å². The van der Waals surface area contributed by atoms with E-state index in [1.165, 1.54) is 24.3 Å². The van der Waals surface area contributed by atoms with Crippen molar-refractivity contribution in [1.82, 2.24) is 0 Å². The van der Waals surface area contributed by atoms with Gasteiger partial charge in [-0.3, -0.25) is 0 Å². The number of ether oxygens (including phenoxy) is 3. The second-order valence-corrected chi connectivity index (χ2v) is 11.4. The highest BCUT2D eigenvalue weighted by atomic mass is 32.2. The third-order valence-electron chi connectivity index (χ3n) is 6.66. The molecule has 4 aromatic rings. The summed E-state index contributed by atoms with van der Waals surface area (Å²) in [5.41, 5.74) is 3.56. The standard InChI is InChI=1S/C32H26F2O8S/c1-43(37,38)42-31-32(33,34)28(41-30(36)26-18-14-24(15-19-26)22-10-6-3-7-11-22)27(40-31)20-39-29(35)25-16-12-23(13-17-25)21-8-4-2-5-9-21/h2-19,27-28,31H,20H2,1H3/t27-,28-,31-/m1/s1. The Morgan fingerprint density at radius 1 is 0.721 bits per heavy atom. The lowest BCUT2D eigenvalue weighted by Gasteiger charge is -2.23. The Bertz CT molecular complexity index is 1680. The average molecular weight is 609 g/mol. The maximum absolute atomic E-state index is 15.3. The summed E-state index contributed by atoms with van der Waals surface area (Å²) < 4.78 is 73.9. The lowest BCUT2D eigenvalue weighted by atomic mass is 10.0. The minimum Gasteiger partial charge on any atom is -0.459 e. The van der Waals surface area contributed by atoms with Crippen LogP contribution in [0, 0.1) is 0 Å². The van der Waals surface area contributed by atoms with Crippen LogP contribution in [-0.4, -0.2) is 57.6 Å². The lowest BCUT2D eigenvalue weighted by molar-refractivity contribution is -0.183. The minimum absolute atomic E-state index is 0.0304. The van der Waals surface area contributed by atoms with Crippen LogP contribution in [0.4, 0.5) is 8.78 Å². The Morgan fingerprint density at radius 3 is 1.63 bits per heavy atom. The Kier molecular flexibility index (Phi) is 8.67. The number of hydrogen-bond donors (Lipinski definition) is 0. The van der Waals surface area contributed by atoms with Gasteiger partial charge >= 0.3 is 17.9 Å². The van der Waals surface area contributed by atoms with E-state index in [4.69, 9.17) is 14.2 Å². The topological polar surface area (TPSA) is 105 Å². The molecule has 11 heteroatoms. The van der Waals surface area contributed by atoms with Crippen LogP contribution in [0.3, 0.4) is 0 Å². The van der Waals surface area contributed by atoms with Gasteiger partial charge in [0, 0.05) is 0 Å². The van der Waals surface area contributed by atoms with Gasteiger partial charge in [-0.25, -0.2) is 13.8 Å². The number of alkyl halides is 2. The van der Waals surface area contributed by atoms with Crippen molar-refractivity contribution >= 4 is 22.1 Å². The third kappa shape index (κ3) is 7.14. The molecule has 3 atom stereocenters. The molecule has 1 aliphatic rings. The summed E-state index contributed by atoms with van der Waals surface area (Å²) in [6, 6.07) is 31.3. The molecule has 0 aliphatic carbocycles. The number of esters is 2. The summed E-state index contributed by atoms with van der Waals surface area (Å²) in [6.07, 6.45) is -6.08. The molecule has 222 valence electrons. The van der Waals surface area contributed by atoms with Gasteiger partial charge in [0.2, 0.25) is 12.4 Å². The predicted octanol–water partition coefficient (Wildman–Crippen LogP) is 5.74. The van der Waals surface area contributed by atoms with E-state index in [-0.39, 0.29) is 11.1 Å². The number of rotatable bonds is 9. The van der Waals surface area contributed by atoms with E-state index >= 15 is 8.78 Å². The molecular formula is C32H26F2O8S. The normalized spacial score (nSPS) is 19.5. The number of benzene rings is 4. The van der Waals surface area contributed by atoms with Crippen molar-refractivity contribution in [2.75, 3.05) is 12.9 Å². The molecule has 0 bridgehead atoms. The summed E-state index contributed by atoms with van der Waals surface area (Å²) in [7, 11) is -4.39. The molecule has 1 heterocycles. The molecule has 0 aromatic heterocycles. The molecule has 1 saturated heterocycles. The van der Waals surface area contributed by atoms with Crippen LogP contribution in [0.5, 0.6) is 0 Å². The monoisotopic (exact) mass is 608 g/mol. The maximum atomic E-state index is 15.3. The molecule has 0 N–H and O–H groups in total. The Balaban J connectivity index is 1.30. The smallest absolute Gasteiger partial charge is 0.338 e. The fraction of sp³-hybridized carbons (Fsp3) is 0.188. The highest BCUT2D eigenvalue weighted by Gasteiger charge is 2.63. The Hall–Kier alpha value is -4.45. The summed E-state index contributed by atoms with van der Waals surface area (Å²) >= 11 is 0. The van der Waals surface area contributed by atoms with Crippen molar-refractivity contribution in [3.63, 3.8) is 0 Å². The molecule has 0 amide bonds. The van der Waals surface area contributed by atoms with Crippen LogP contribution in [0.25, 0.3) is 22.3 Å². The first-order valence-corrected chi connectivity index (χ1v) is 14.9. The highest BCUT2D eigenvalue weighted by molar-refractivity contribution is 7.86. The van der Waals surface area contributed by atoms with E-state index in [0.29, 0.717) is 6.26 Å². The molecule has 1 fully saturated rings. The minimum atomic E-state index is -4.39. The first-order chi connectivity index (χ1) is 20.5. The van der Waals surface area contributed by atoms with Crippen LogP contribution in [-0.2, 0) is 28.5 Å². The van der Waals surface area contributed by atoms with Gasteiger partial charge in [-0.15, -0.1) is 0 Å². The summed E-state index contributed by atoms with van der Waals surface area (Å²) in [5.74, 6) is -6.06. The van der Waals surface area contributed by atoms with Crippen LogP contribution in [0.15, 0.2) is 109 Å². The third-order valence-corrected chi connectivity index (χ3v) is 7.18. The number of halogens is 2. The van der Waals surface area contributed by atoms with Gasteiger partial charge < -0.3 is 14.2 Å². The van der Waals surface area contributed by atoms with Crippen molar-refractivity contribution in [2.45, 2.75) is 24.4 Å². The summed E-state index contributed by atoms with van der Waals surface area (Å²) in [4.78, 5) is 25.6. The number of carbonyl (C=O) groups is 2. The summed E-state index contributed by atoms with van der Waals surface area (Å²) in [6.45, 7) is -0.774.